The second-order valence-electron chi connectivity index (χ2n) is 0. The number of hydrogen-bond donors (Lipinski definition) is 0. The molecule has 0 heterocycles. The van der Waals surface area contributed by atoms with Gasteiger partial charge < -0.3 is 49.6 Å². The van der Waals surface area contributed by atoms with Gasteiger partial charge in [0.05, 0.1) is 0 Å². The Bertz CT molecular complexity index is 7.51. The zero-order valence-corrected chi connectivity index (χ0v) is 10.0. The van der Waals surface area contributed by atoms with Crippen molar-refractivity contribution in [1.82, 2.24) is 0 Å². The van der Waals surface area contributed by atoms with Crippen LogP contribution in [0.3, 0.4) is 0 Å². The Balaban J connectivity index is 0. The van der Waals surface area contributed by atoms with E-state index in [4.69, 9.17) is 0 Å². The third kappa shape index (κ3) is 32.5. The third-order valence-electron chi connectivity index (χ3n) is 0. The molecule has 0 saturated carbocycles. The van der Waals surface area contributed by atoms with Crippen molar-refractivity contribution < 1.29 is 49.6 Å². The average Bonchev–Trinajstić information content (AvgIpc) is 0. The molecule has 6 heteroatoms. The molecule has 0 saturated heterocycles. The van der Waals surface area contributed by atoms with E-state index in [9.17, 15) is 0 Å². The van der Waals surface area contributed by atoms with Crippen molar-refractivity contribution in [3.05, 3.63) is 0 Å². The van der Waals surface area contributed by atoms with Crippen LogP contribution in [0.25, 0.3) is 0 Å². The summed E-state index contributed by atoms with van der Waals surface area (Å²) < 4.78 is 0. The summed E-state index contributed by atoms with van der Waals surface area (Å²) in [6.45, 7) is 0. The minimum atomic E-state index is 0. The van der Waals surface area contributed by atoms with E-state index >= 15 is 0 Å². The number of halogens is 4. The molecule has 0 aliphatic carbocycles. The molecule has 0 aromatic heterocycles. The van der Waals surface area contributed by atoms with Gasteiger partial charge in [0, 0.05) is 0 Å². The Labute approximate surface area is 82.8 Å². The average molecular weight is 295 g/mol. The van der Waals surface area contributed by atoms with Crippen LogP contribution in [0.2, 0.25) is 0 Å². The Kier molecular flexibility index (Phi) is 707. The van der Waals surface area contributed by atoms with Crippen LogP contribution in [-0.2, 0) is 0 Å². The first-order chi connectivity index (χ1) is 0. The molecule has 40 valence electrons. The SMILES string of the molecule is P.[Cl-].[Cl-].[Cl-].[Cl-].[Sn+4]. The third-order valence-corrected chi connectivity index (χ3v) is 0. The Morgan fingerprint density at radius 3 is 0.500 bits per heavy atom. The monoisotopic (exact) mass is 294 g/mol. The van der Waals surface area contributed by atoms with Crippen LogP contribution in [0, 0.1) is 0 Å². The molecule has 6 heavy (non-hydrogen) atoms. The zero-order chi connectivity index (χ0) is 0. The van der Waals surface area contributed by atoms with Crippen molar-refractivity contribution in [1.29, 1.82) is 0 Å². The normalized spacial score (nSPS) is 0. The fourth-order valence-corrected chi connectivity index (χ4v) is 0. The van der Waals surface area contributed by atoms with Crippen LogP contribution >= 0.6 is 9.90 Å². The molecule has 0 N–H and O–H groups in total. The Morgan fingerprint density at radius 1 is 0.500 bits per heavy atom. The van der Waals surface area contributed by atoms with Crippen molar-refractivity contribution in [3.63, 3.8) is 0 Å². The first-order valence-electron chi connectivity index (χ1n) is 0. The number of hydrogen-bond acceptors (Lipinski definition) is 0. The van der Waals surface area contributed by atoms with E-state index in [1.807, 2.05) is 0 Å². The van der Waals surface area contributed by atoms with E-state index in [-0.39, 0.29) is 83.4 Å². The molecule has 0 aromatic carbocycles. The maximum Gasteiger partial charge on any atom is 4.00 e. The van der Waals surface area contributed by atoms with Crippen LogP contribution in [-0.4, -0.2) is 23.9 Å². The summed E-state index contributed by atoms with van der Waals surface area (Å²) in [6.07, 6.45) is 0. The maximum atomic E-state index is 0. The fraction of sp³-hybridized carbons (Fsp3) is 0. The number of rotatable bonds is 0. The predicted octanol–water partition coefficient (Wildman–Crippen LogP) is -12.3. The first kappa shape index (κ1) is 80.3. The first-order valence-corrected chi connectivity index (χ1v) is 0. The van der Waals surface area contributed by atoms with Gasteiger partial charge in [-0.05, 0) is 0 Å². The summed E-state index contributed by atoms with van der Waals surface area (Å²) in [5.74, 6) is 0. The fourth-order valence-electron chi connectivity index (χ4n) is 0. The van der Waals surface area contributed by atoms with Crippen molar-refractivity contribution in [2.75, 3.05) is 0 Å². The van der Waals surface area contributed by atoms with E-state index in [1.54, 1.807) is 0 Å². The Morgan fingerprint density at radius 2 is 0.500 bits per heavy atom. The van der Waals surface area contributed by atoms with Gasteiger partial charge in [0.25, 0.3) is 0 Å². The van der Waals surface area contributed by atoms with Gasteiger partial charge in [0.2, 0.25) is 0 Å². The summed E-state index contributed by atoms with van der Waals surface area (Å²) in [5.41, 5.74) is 0. The van der Waals surface area contributed by atoms with E-state index in [2.05, 4.69) is 0 Å². The summed E-state index contributed by atoms with van der Waals surface area (Å²) >= 11 is 0. The van der Waals surface area contributed by atoms with E-state index < -0.39 is 0 Å². The molecule has 0 nitrogen and oxygen atoms in total. The van der Waals surface area contributed by atoms with E-state index in [1.165, 1.54) is 0 Å². The van der Waals surface area contributed by atoms with Gasteiger partial charge in [0.15, 0.2) is 0 Å². The largest absolute Gasteiger partial charge is 4.00 e. The smallest absolute Gasteiger partial charge is 1.00 e. The van der Waals surface area contributed by atoms with Crippen molar-refractivity contribution >= 4 is 33.8 Å². The van der Waals surface area contributed by atoms with Gasteiger partial charge in [-0.15, -0.1) is 0 Å². The topological polar surface area (TPSA) is 0 Å². The minimum Gasteiger partial charge on any atom is -1.00 e. The molecule has 0 amide bonds. The molecule has 0 rings (SSSR count). The molecule has 0 spiro atoms. The quantitative estimate of drug-likeness (QED) is 0.307. The predicted molar refractivity (Wildman–Crippen MR) is 16.9 cm³/mol. The summed E-state index contributed by atoms with van der Waals surface area (Å²) in [5, 5.41) is 0. The van der Waals surface area contributed by atoms with Crippen LogP contribution in [0.5, 0.6) is 0 Å². The van der Waals surface area contributed by atoms with E-state index in [0.29, 0.717) is 0 Å². The standard InChI is InChI=1S/4ClH.H3P.Sn/h4*1H;1H3;/q;;;;;+4/p-4. The van der Waals surface area contributed by atoms with Crippen molar-refractivity contribution in [2.45, 2.75) is 0 Å². The van der Waals surface area contributed by atoms with Gasteiger partial charge in [0.1, 0.15) is 0 Å². The molecule has 1 unspecified atom stereocenters. The molecule has 0 fully saturated rings. The molecule has 1 atom stereocenters. The van der Waals surface area contributed by atoms with Crippen molar-refractivity contribution in [2.24, 2.45) is 0 Å². The molecule has 0 aromatic rings. The van der Waals surface area contributed by atoms with Crippen LogP contribution in [0.15, 0.2) is 0 Å². The summed E-state index contributed by atoms with van der Waals surface area (Å²) in [6, 6.07) is 0. The summed E-state index contributed by atoms with van der Waals surface area (Å²) in [4.78, 5) is 0. The van der Waals surface area contributed by atoms with Gasteiger partial charge in [-0.1, -0.05) is 0 Å². The zero-order valence-electron chi connectivity index (χ0n) is 2.72. The second kappa shape index (κ2) is 52.9. The van der Waals surface area contributed by atoms with Gasteiger partial charge >= 0.3 is 23.9 Å². The van der Waals surface area contributed by atoms with Gasteiger partial charge in [-0.2, -0.15) is 9.90 Å². The van der Waals surface area contributed by atoms with Gasteiger partial charge in [-0.3, -0.25) is 0 Å². The summed E-state index contributed by atoms with van der Waals surface area (Å²) in [7, 11) is 0. The molecule has 0 bridgehead atoms. The molecule has 0 aliphatic rings. The van der Waals surface area contributed by atoms with Crippen molar-refractivity contribution in [3.8, 4) is 0 Å². The molecule has 0 aliphatic heterocycles. The molecular formula is H3Cl4PSn. The molecular weight excluding hydrogens is 291 g/mol. The minimum absolute atomic E-state index is 0. The van der Waals surface area contributed by atoms with Crippen LogP contribution in [0.1, 0.15) is 0 Å². The van der Waals surface area contributed by atoms with Crippen LogP contribution < -0.4 is 49.6 Å². The maximum absolute atomic E-state index is 0. The van der Waals surface area contributed by atoms with E-state index in [0.717, 1.165) is 0 Å². The Hall–Kier alpha value is 2.39. The molecule has 0 radical (unpaired) electrons. The second-order valence-corrected chi connectivity index (χ2v) is 0. The van der Waals surface area contributed by atoms with Gasteiger partial charge in [-0.25, -0.2) is 0 Å². The van der Waals surface area contributed by atoms with Crippen LogP contribution in [0.4, 0.5) is 0 Å².